The van der Waals surface area contributed by atoms with Crippen LogP contribution in [-0.2, 0) is 0 Å². The van der Waals surface area contributed by atoms with Crippen LogP contribution in [0.25, 0.3) is 62.8 Å². The Morgan fingerprint density at radius 3 is 1.64 bits per heavy atom. The Balaban J connectivity index is 1.61. The number of allylic oxidation sites excluding steroid dienone is 1. The summed E-state index contributed by atoms with van der Waals surface area (Å²) in [6, 6.07) is 39.4. The molecular formula is C39H33N5. The topological polar surface area (TPSA) is 48.5 Å². The standard InChI is InChI=1S/C39H33N5/c1-5-17-33-26(2)27(3)35(43(33)31-22-13-8-14-23-31)36-28(4)32-24-15-16-25-34(32)44(36)39-41-37(29-18-9-6-10-19-29)40-38(42-39)30-20-11-7-12-21-30/h5-25H,1-4H3. The second kappa shape index (κ2) is 11.3. The summed E-state index contributed by atoms with van der Waals surface area (Å²) in [5, 5.41) is 1.16. The predicted molar refractivity (Wildman–Crippen MR) is 181 cm³/mol. The average Bonchev–Trinajstić information content (AvgIpc) is 3.51. The Hall–Kier alpha value is -5.55. The lowest BCUT2D eigenvalue weighted by molar-refractivity contribution is 0.924. The zero-order chi connectivity index (χ0) is 30.2. The maximum Gasteiger partial charge on any atom is 0.238 e. The van der Waals surface area contributed by atoms with Gasteiger partial charge in [0.2, 0.25) is 5.95 Å². The van der Waals surface area contributed by atoms with E-state index in [0.717, 1.165) is 44.8 Å². The Bertz CT molecular complexity index is 2080. The zero-order valence-electron chi connectivity index (χ0n) is 25.4. The van der Waals surface area contributed by atoms with Gasteiger partial charge in [0.25, 0.3) is 0 Å². The number of hydrogen-bond acceptors (Lipinski definition) is 3. The van der Waals surface area contributed by atoms with Gasteiger partial charge in [-0.15, -0.1) is 0 Å². The van der Waals surface area contributed by atoms with E-state index in [9.17, 15) is 0 Å². The van der Waals surface area contributed by atoms with Crippen LogP contribution in [0.1, 0.15) is 29.3 Å². The fraction of sp³-hybridized carbons (Fsp3) is 0.103. The molecule has 0 saturated carbocycles. The van der Waals surface area contributed by atoms with Crippen molar-refractivity contribution in [1.29, 1.82) is 0 Å². The largest absolute Gasteiger partial charge is 0.308 e. The summed E-state index contributed by atoms with van der Waals surface area (Å²) in [7, 11) is 0. The third-order valence-corrected chi connectivity index (χ3v) is 8.35. The van der Waals surface area contributed by atoms with Crippen LogP contribution in [0.4, 0.5) is 0 Å². The molecule has 0 aliphatic rings. The second-order valence-electron chi connectivity index (χ2n) is 11.0. The van der Waals surface area contributed by atoms with Crippen LogP contribution in [0.5, 0.6) is 0 Å². The van der Waals surface area contributed by atoms with Gasteiger partial charge in [0.05, 0.1) is 16.9 Å². The molecule has 0 fully saturated rings. The Morgan fingerprint density at radius 1 is 0.523 bits per heavy atom. The van der Waals surface area contributed by atoms with Crippen molar-refractivity contribution in [3.63, 3.8) is 0 Å². The minimum absolute atomic E-state index is 0.586. The maximum atomic E-state index is 5.16. The molecule has 44 heavy (non-hydrogen) atoms. The van der Waals surface area contributed by atoms with Crippen molar-refractivity contribution in [2.75, 3.05) is 0 Å². The molecular weight excluding hydrogens is 538 g/mol. The highest BCUT2D eigenvalue weighted by Gasteiger charge is 2.27. The normalized spacial score (nSPS) is 11.5. The van der Waals surface area contributed by atoms with Crippen LogP contribution in [0.3, 0.4) is 0 Å². The first kappa shape index (κ1) is 27.3. The van der Waals surface area contributed by atoms with E-state index in [1.165, 1.54) is 16.7 Å². The van der Waals surface area contributed by atoms with Gasteiger partial charge in [-0.1, -0.05) is 103 Å². The number of benzene rings is 4. The number of hydrogen-bond donors (Lipinski definition) is 0. The van der Waals surface area contributed by atoms with Crippen molar-refractivity contribution in [2.24, 2.45) is 0 Å². The summed E-state index contributed by atoms with van der Waals surface area (Å²) in [5.74, 6) is 1.86. The average molecular weight is 572 g/mol. The van der Waals surface area contributed by atoms with Gasteiger partial charge >= 0.3 is 0 Å². The number of rotatable bonds is 6. The van der Waals surface area contributed by atoms with E-state index in [4.69, 9.17) is 15.0 Å². The summed E-state index contributed by atoms with van der Waals surface area (Å²) >= 11 is 0. The monoisotopic (exact) mass is 571 g/mol. The highest BCUT2D eigenvalue weighted by molar-refractivity contribution is 5.94. The molecule has 0 bridgehead atoms. The van der Waals surface area contributed by atoms with Crippen molar-refractivity contribution in [3.05, 3.63) is 144 Å². The van der Waals surface area contributed by atoms with Crippen LogP contribution in [-0.4, -0.2) is 24.1 Å². The molecule has 0 radical (unpaired) electrons. The quantitative estimate of drug-likeness (QED) is 0.200. The summed E-state index contributed by atoms with van der Waals surface area (Å²) in [6.07, 6.45) is 4.31. The third kappa shape index (κ3) is 4.54. The smallest absolute Gasteiger partial charge is 0.238 e. The second-order valence-corrected chi connectivity index (χ2v) is 11.0. The number of fused-ring (bicyclic) bond motifs is 1. The van der Waals surface area contributed by atoms with Crippen LogP contribution in [0, 0.1) is 20.8 Å². The lowest BCUT2D eigenvalue weighted by Crippen LogP contribution is -2.10. The highest BCUT2D eigenvalue weighted by atomic mass is 15.2. The van der Waals surface area contributed by atoms with Gasteiger partial charge in [-0.25, -0.2) is 4.98 Å². The summed E-state index contributed by atoms with van der Waals surface area (Å²) in [4.78, 5) is 15.3. The number of aromatic nitrogens is 5. The van der Waals surface area contributed by atoms with Gasteiger partial charge < -0.3 is 4.57 Å². The zero-order valence-corrected chi connectivity index (χ0v) is 25.4. The Kier molecular flexibility index (Phi) is 6.99. The van der Waals surface area contributed by atoms with Gasteiger partial charge in [-0.05, 0) is 68.7 Å². The third-order valence-electron chi connectivity index (χ3n) is 8.35. The molecule has 0 N–H and O–H groups in total. The minimum atomic E-state index is 0.586. The van der Waals surface area contributed by atoms with Crippen molar-refractivity contribution >= 4 is 17.0 Å². The van der Waals surface area contributed by atoms with Crippen LogP contribution < -0.4 is 0 Å². The number of aryl methyl sites for hydroxylation is 1. The molecule has 7 rings (SSSR count). The van der Waals surface area contributed by atoms with E-state index in [1.807, 2.05) is 60.7 Å². The highest BCUT2D eigenvalue weighted by Crippen LogP contribution is 2.41. The van der Waals surface area contributed by atoms with E-state index < -0.39 is 0 Å². The molecule has 5 nitrogen and oxygen atoms in total. The molecule has 3 heterocycles. The van der Waals surface area contributed by atoms with Gasteiger partial charge in [0.1, 0.15) is 0 Å². The van der Waals surface area contributed by atoms with Crippen molar-refractivity contribution in [1.82, 2.24) is 24.1 Å². The molecule has 3 aromatic heterocycles. The van der Waals surface area contributed by atoms with E-state index in [0.29, 0.717) is 17.6 Å². The summed E-state index contributed by atoms with van der Waals surface area (Å²) < 4.78 is 4.60. The van der Waals surface area contributed by atoms with Crippen molar-refractivity contribution in [2.45, 2.75) is 27.7 Å². The first-order valence-electron chi connectivity index (χ1n) is 14.9. The molecule has 7 aromatic rings. The lowest BCUT2D eigenvalue weighted by Gasteiger charge is -2.17. The van der Waals surface area contributed by atoms with Crippen LogP contribution in [0.15, 0.2) is 121 Å². The molecule has 5 heteroatoms. The van der Waals surface area contributed by atoms with E-state index >= 15 is 0 Å². The molecule has 0 atom stereocenters. The molecule has 4 aromatic carbocycles. The predicted octanol–water partition coefficient (Wildman–Crippen LogP) is 9.57. The first-order valence-corrected chi connectivity index (χ1v) is 14.9. The molecule has 0 saturated heterocycles. The van der Waals surface area contributed by atoms with Gasteiger partial charge in [0.15, 0.2) is 11.6 Å². The van der Waals surface area contributed by atoms with E-state index in [1.54, 1.807) is 0 Å². The fourth-order valence-corrected chi connectivity index (χ4v) is 6.10. The first-order chi connectivity index (χ1) is 21.6. The Morgan fingerprint density at radius 2 is 1.05 bits per heavy atom. The molecule has 0 aliphatic heterocycles. The molecule has 0 spiro atoms. The van der Waals surface area contributed by atoms with Crippen molar-refractivity contribution in [3.8, 4) is 45.8 Å². The fourth-order valence-electron chi connectivity index (χ4n) is 6.10. The molecule has 0 aliphatic carbocycles. The molecule has 0 unspecified atom stereocenters. The summed E-state index contributed by atoms with van der Waals surface area (Å²) in [5.41, 5.74) is 11.0. The van der Waals surface area contributed by atoms with E-state index in [2.05, 4.69) is 104 Å². The molecule has 0 amide bonds. The van der Waals surface area contributed by atoms with Gasteiger partial charge in [-0.3, -0.25) is 4.57 Å². The van der Waals surface area contributed by atoms with Gasteiger partial charge in [-0.2, -0.15) is 9.97 Å². The maximum absolute atomic E-state index is 5.16. The van der Waals surface area contributed by atoms with Gasteiger partial charge in [0, 0.05) is 27.9 Å². The number of nitrogens with zero attached hydrogens (tertiary/aromatic N) is 5. The Labute approximate surface area is 257 Å². The molecule has 214 valence electrons. The summed E-state index contributed by atoms with van der Waals surface area (Å²) in [6.45, 7) is 8.70. The van der Waals surface area contributed by atoms with Crippen LogP contribution >= 0.6 is 0 Å². The SMILES string of the molecule is CC=Cc1c(C)c(C)c(-c2c(C)c3ccccc3n2-c2nc(-c3ccccc3)nc(-c3ccccc3)n2)n1-c1ccccc1. The van der Waals surface area contributed by atoms with Crippen molar-refractivity contribution < 1.29 is 0 Å². The lowest BCUT2D eigenvalue weighted by atomic mass is 10.1. The van der Waals surface area contributed by atoms with Crippen LogP contribution in [0.2, 0.25) is 0 Å². The van der Waals surface area contributed by atoms with E-state index in [-0.39, 0.29) is 0 Å². The minimum Gasteiger partial charge on any atom is -0.308 e. The number of para-hydroxylation sites is 2.